The Kier molecular flexibility index (Phi) is 8.63. The van der Waals surface area contributed by atoms with E-state index in [1.807, 2.05) is 37.3 Å². The van der Waals surface area contributed by atoms with Crippen molar-refractivity contribution >= 4 is 23.5 Å². The summed E-state index contributed by atoms with van der Waals surface area (Å²) in [5.74, 6) is -5.22. The van der Waals surface area contributed by atoms with Gasteiger partial charge in [0.2, 0.25) is 0 Å². The topological polar surface area (TPSA) is 95.1 Å². The van der Waals surface area contributed by atoms with Crippen molar-refractivity contribution in [2.45, 2.75) is 25.8 Å². The summed E-state index contributed by atoms with van der Waals surface area (Å²) in [6.45, 7) is 2.01. The van der Waals surface area contributed by atoms with Gasteiger partial charge in [0, 0.05) is 21.7 Å². The fraction of sp³-hybridized carbons (Fsp3) is 0.121. The van der Waals surface area contributed by atoms with Crippen molar-refractivity contribution in [3.8, 4) is 33.8 Å². The summed E-state index contributed by atoms with van der Waals surface area (Å²) in [5, 5.41) is 13.3. The van der Waals surface area contributed by atoms with Crippen LogP contribution < -0.4 is 5.32 Å². The van der Waals surface area contributed by atoms with Gasteiger partial charge in [-0.2, -0.15) is 0 Å². The quantitative estimate of drug-likeness (QED) is 0.147. The van der Waals surface area contributed by atoms with Crippen LogP contribution in [0.25, 0.3) is 33.8 Å². The molecule has 4 aromatic carbocycles. The van der Waals surface area contributed by atoms with E-state index >= 15 is 0 Å². The first-order valence-electron chi connectivity index (χ1n) is 13.4. The van der Waals surface area contributed by atoms with Gasteiger partial charge < -0.3 is 15.4 Å². The van der Waals surface area contributed by atoms with Crippen LogP contribution in [-0.2, 0) is 0 Å². The molecule has 0 spiro atoms. The van der Waals surface area contributed by atoms with Crippen molar-refractivity contribution in [1.29, 1.82) is 0 Å². The molecule has 43 heavy (non-hydrogen) atoms. The number of nitrogens with zero attached hydrogens (tertiary/aromatic N) is 1. The fourth-order valence-electron chi connectivity index (χ4n) is 4.97. The molecular weight excluding hydrogens is 579 g/mol. The Morgan fingerprint density at radius 1 is 0.930 bits per heavy atom. The third-order valence-electron chi connectivity index (χ3n) is 7.02. The smallest absolute Gasteiger partial charge is 0.336 e. The maximum atomic E-state index is 14.4. The van der Waals surface area contributed by atoms with Crippen LogP contribution in [0.3, 0.4) is 0 Å². The summed E-state index contributed by atoms with van der Waals surface area (Å²) < 4.78 is 42.7. The molecule has 0 bridgehead atoms. The summed E-state index contributed by atoms with van der Waals surface area (Å²) in [7, 11) is 0. The predicted octanol–water partition coefficient (Wildman–Crippen LogP) is 8.45. The molecule has 0 saturated heterocycles. The predicted molar refractivity (Wildman–Crippen MR) is 158 cm³/mol. The van der Waals surface area contributed by atoms with Crippen molar-refractivity contribution < 1.29 is 27.9 Å². The molecule has 1 amide bonds. The van der Waals surface area contributed by atoms with Gasteiger partial charge in [-0.25, -0.2) is 22.9 Å². The molecule has 5 aromatic rings. The Morgan fingerprint density at radius 3 is 2.40 bits per heavy atom. The Morgan fingerprint density at radius 2 is 1.67 bits per heavy atom. The average molecular weight is 604 g/mol. The molecule has 5 rings (SSSR count). The number of hydrogen-bond acceptors (Lipinski definition) is 3. The minimum atomic E-state index is -1.38. The number of aromatic carboxylic acids is 1. The van der Waals surface area contributed by atoms with Crippen molar-refractivity contribution in [3.05, 3.63) is 124 Å². The van der Waals surface area contributed by atoms with E-state index in [0.29, 0.717) is 18.1 Å². The van der Waals surface area contributed by atoms with Crippen LogP contribution in [0.2, 0.25) is 5.02 Å². The first-order valence-corrected chi connectivity index (χ1v) is 13.8. The van der Waals surface area contributed by atoms with Crippen LogP contribution in [0.1, 0.15) is 52.1 Å². The molecule has 1 aromatic heterocycles. The van der Waals surface area contributed by atoms with Gasteiger partial charge in [-0.3, -0.25) is 4.79 Å². The molecule has 6 nitrogen and oxygen atoms in total. The monoisotopic (exact) mass is 603 g/mol. The van der Waals surface area contributed by atoms with Gasteiger partial charge in [0.25, 0.3) is 5.91 Å². The second-order valence-corrected chi connectivity index (χ2v) is 10.2. The number of aromatic nitrogens is 2. The number of carbonyl (C=O) groups is 2. The zero-order chi connectivity index (χ0) is 30.7. The molecule has 0 aliphatic heterocycles. The average Bonchev–Trinajstić information content (AvgIpc) is 3.48. The lowest BCUT2D eigenvalue weighted by Crippen LogP contribution is -2.28. The van der Waals surface area contributed by atoms with Crippen molar-refractivity contribution in [3.63, 3.8) is 0 Å². The number of aromatic amines is 1. The van der Waals surface area contributed by atoms with Gasteiger partial charge in [-0.05, 0) is 47.9 Å². The van der Waals surface area contributed by atoms with Gasteiger partial charge in [0.05, 0.1) is 29.1 Å². The number of carboxylic acids is 1. The number of halogens is 4. The van der Waals surface area contributed by atoms with Crippen LogP contribution >= 0.6 is 11.6 Å². The van der Waals surface area contributed by atoms with E-state index in [9.17, 15) is 27.9 Å². The Bertz CT molecular complexity index is 1830. The maximum absolute atomic E-state index is 14.4. The van der Waals surface area contributed by atoms with Crippen molar-refractivity contribution in [1.82, 2.24) is 15.3 Å². The molecule has 1 atom stereocenters. The molecule has 10 heteroatoms. The number of benzene rings is 4. The second kappa shape index (κ2) is 12.5. The summed E-state index contributed by atoms with van der Waals surface area (Å²) in [5.41, 5.74) is 0.919. The van der Waals surface area contributed by atoms with E-state index < -0.39 is 34.9 Å². The summed E-state index contributed by atoms with van der Waals surface area (Å²) >= 11 is 6.58. The van der Waals surface area contributed by atoms with E-state index in [2.05, 4.69) is 15.3 Å². The molecule has 218 valence electrons. The molecule has 0 aliphatic rings. The lowest BCUT2D eigenvalue weighted by atomic mass is 9.93. The lowest BCUT2D eigenvalue weighted by Gasteiger charge is -2.19. The first kappa shape index (κ1) is 29.6. The van der Waals surface area contributed by atoms with E-state index in [-0.39, 0.29) is 44.8 Å². The second-order valence-electron chi connectivity index (χ2n) is 9.82. The summed E-state index contributed by atoms with van der Waals surface area (Å²) in [4.78, 5) is 32.7. The van der Waals surface area contributed by atoms with Gasteiger partial charge in [0.1, 0.15) is 11.6 Å². The highest BCUT2D eigenvalue weighted by Crippen LogP contribution is 2.39. The molecule has 0 unspecified atom stereocenters. The maximum Gasteiger partial charge on any atom is 0.336 e. The van der Waals surface area contributed by atoms with Gasteiger partial charge >= 0.3 is 5.97 Å². The molecule has 1 heterocycles. The van der Waals surface area contributed by atoms with Crippen LogP contribution in [-0.4, -0.2) is 27.0 Å². The Balaban J connectivity index is 1.54. The van der Waals surface area contributed by atoms with E-state index in [1.54, 1.807) is 18.2 Å². The van der Waals surface area contributed by atoms with E-state index in [1.165, 1.54) is 18.2 Å². The third kappa shape index (κ3) is 6.03. The van der Waals surface area contributed by atoms with E-state index in [4.69, 9.17) is 11.6 Å². The van der Waals surface area contributed by atoms with Crippen LogP contribution in [0.4, 0.5) is 13.2 Å². The highest BCUT2D eigenvalue weighted by atomic mass is 35.5. The fourth-order valence-corrected chi connectivity index (χ4v) is 5.25. The SMILES string of the molecule is CCC[C@@H](NC(=O)c1ccc(-c2c(Cl)cccc2-c2ncc(-c3c(F)ccc(F)c3F)[nH]2)c(C(=O)O)c1)c1ccccc1. The zero-order valence-electron chi connectivity index (χ0n) is 22.8. The highest BCUT2D eigenvalue weighted by Gasteiger charge is 2.24. The molecule has 0 radical (unpaired) electrons. The molecule has 0 fully saturated rings. The number of nitrogens with one attached hydrogen (secondary N) is 2. The number of H-pyrrole nitrogens is 1. The summed E-state index contributed by atoms with van der Waals surface area (Å²) in [6.07, 6.45) is 2.66. The third-order valence-corrected chi connectivity index (χ3v) is 7.34. The van der Waals surface area contributed by atoms with Gasteiger partial charge in [0.15, 0.2) is 11.6 Å². The number of rotatable bonds is 9. The minimum Gasteiger partial charge on any atom is -0.478 e. The largest absolute Gasteiger partial charge is 0.478 e. The standard InChI is InChI=1S/C33H25ClF3N3O3/c1-2-7-26(18-8-4-3-5-9-18)40-32(41)19-12-13-20(22(16-19)33(42)43)28-21(10-6-11-23(28)34)31-38-17-27(39-31)29-24(35)14-15-25(36)30(29)37/h3-6,8-17,26H,2,7H2,1H3,(H,38,39)(H,40,41)(H,42,43)/t26-/m1/s1. The number of carboxylic acid groups (broad SMARTS) is 1. The van der Waals surface area contributed by atoms with Crippen LogP contribution in [0, 0.1) is 17.5 Å². The molecule has 3 N–H and O–H groups in total. The van der Waals surface area contributed by atoms with E-state index in [0.717, 1.165) is 24.2 Å². The lowest BCUT2D eigenvalue weighted by molar-refractivity contribution is 0.0697. The highest BCUT2D eigenvalue weighted by molar-refractivity contribution is 6.34. The normalized spacial score (nSPS) is 11.7. The van der Waals surface area contributed by atoms with Crippen LogP contribution in [0.15, 0.2) is 85.1 Å². The van der Waals surface area contributed by atoms with Gasteiger partial charge in [-0.1, -0.05) is 73.5 Å². The summed E-state index contributed by atoms with van der Waals surface area (Å²) in [6, 6.07) is 19.7. The molecule has 0 saturated carbocycles. The Hall–Kier alpha value is -4.89. The first-order chi connectivity index (χ1) is 20.7. The number of imidazole rings is 1. The van der Waals surface area contributed by atoms with Crippen molar-refractivity contribution in [2.24, 2.45) is 0 Å². The van der Waals surface area contributed by atoms with Gasteiger partial charge in [-0.15, -0.1) is 0 Å². The minimum absolute atomic E-state index is 0.110. The number of carbonyl (C=O) groups excluding carboxylic acids is 1. The van der Waals surface area contributed by atoms with Crippen LogP contribution in [0.5, 0.6) is 0 Å². The number of amides is 1. The van der Waals surface area contributed by atoms with Crippen molar-refractivity contribution in [2.75, 3.05) is 0 Å². The molecule has 0 aliphatic carbocycles. The number of hydrogen-bond donors (Lipinski definition) is 3. The Labute approximate surface area is 250 Å². The molecular formula is C33H25ClF3N3O3. The zero-order valence-corrected chi connectivity index (χ0v) is 23.6.